The van der Waals surface area contributed by atoms with Gasteiger partial charge >= 0.3 is 0 Å². The van der Waals surface area contributed by atoms with Crippen molar-refractivity contribution in [1.82, 2.24) is 0 Å². The van der Waals surface area contributed by atoms with Gasteiger partial charge in [0.25, 0.3) is 0 Å². The minimum Gasteiger partial charge on any atom is -0.497 e. The van der Waals surface area contributed by atoms with Crippen LogP contribution in [0.3, 0.4) is 0 Å². The van der Waals surface area contributed by atoms with Crippen LogP contribution in [0.5, 0.6) is 17.2 Å². The summed E-state index contributed by atoms with van der Waals surface area (Å²) in [6, 6.07) is 14.1. The Morgan fingerprint density at radius 3 is 2.23 bits per heavy atom. The maximum absolute atomic E-state index is 5.59. The molecule has 26 heavy (non-hydrogen) atoms. The maximum atomic E-state index is 5.59. The number of halogens is 1. The predicted octanol–water partition coefficient (Wildman–Crippen LogP) is 6.11. The van der Waals surface area contributed by atoms with E-state index >= 15 is 0 Å². The van der Waals surface area contributed by atoms with Gasteiger partial charge in [-0.1, -0.05) is 24.3 Å². The van der Waals surface area contributed by atoms with Crippen LogP contribution in [-0.4, -0.2) is 21.3 Å². The zero-order chi connectivity index (χ0) is 18.7. The first-order chi connectivity index (χ1) is 12.6. The van der Waals surface area contributed by atoms with E-state index in [-0.39, 0.29) is 0 Å². The van der Waals surface area contributed by atoms with Crippen molar-refractivity contribution in [2.24, 2.45) is 0 Å². The van der Waals surface area contributed by atoms with Crippen LogP contribution in [0.25, 0.3) is 22.9 Å². The molecule has 4 heteroatoms. The van der Waals surface area contributed by atoms with Gasteiger partial charge in [0, 0.05) is 15.4 Å². The molecule has 0 unspecified atom stereocenters. The van der Waals surface area contributed by atoms with Gasteiger partial charge in [-0.2, -0.15) is 0 Å². The summed E-state index contributed by atoms with van der Waals surface area (Å²) in [6.45, 7) is 2.05. The molecule has 3 aromatic rings. The van der Waals surface area contributed by atoms with E-state index in [1.54, 1.807) is 21.3 Å². The molecule has 0 aliphatic carbocycles. The molecule has 134 valence electrons. The minimum atomic E-state index is 0.817. The van der Waals surface area contributed by atoms with Crippen LogP contribution in [0.15, 0.2) is 46.9 Å². The highest BCUT2D eigenvalue weighted by Gasteiger charge is 2.08. The fraction of sp³-hybridized carbons (Fsp3) is 0.182. The molecule has 0 saturated heterocycles. The molecule has 0 aliphatic heterocycles. The molecule has 0 amide bonds. The number of ether oxygens (including phenoxy) is 3. The molecule has 0 bridgehead atoms. The summed E-state index contributed by atoms with van der Waals surface area (Å²) < 4.78 is 17.5. The molecule has 0 spiro atoms. The topological polar surface area (TPSA) is 27.7 Å². The molecule has 0 atom stereocenters. The fourth-order valence-electron chi connectivity index (χ4n) is 2.96. The lowest BCUT2D eigenvalue weighted by Gasteiger charge is -2.11. The third-order valence-electron chi connectivity index (χ3n) is 4.34. The van der Waals surface area contributed by atoms with Crippen molar-refractivity contribution in [3.8, 4) is 17.2 Å². The van der Waals surface area contributed by atoms with E-state index in [0.717, 1.165) is 49.2 Å². The summed E-state index contributed by atoms with van der Waals surface area (Å²) in [5, 5.41) is 2.13. The number of fused-ring (bicyclic) bond motifs is 1. The number of hydrogen-bond donors (Lipinski definition) is 0. The molecule has 3 rings (SSSR count). The van der Waals surface area contributed by atoms with Gasteiger partial charge in [0.15, 0.2) is 0 Å². The Morgan fingerprint density at radius 2 is 1.54 bits per heavy atom. The number of aryl methyl sites for hydroxylation is 1. The quantitative estimate of drug-likeness (QED) is 0.473. The Hall–Kier alpha value is -2.46. The van der Waals surface area contributed by atoms with Gasteiger partial charge in [0.05, 0.1) is 21.3 Å². The summed E-state index contributed by atoms with van der Waals surface area (Å²) in [4.78, 5) is 0. The summed E-state index contributed by atoms with van der Waals surface area (Å²) in [6.07, 6.45) is 4.10. The third kappa shape index (κ3) is 3.56. The first-order valence-electron chi connectivity index (χ1n) is 8.24. The van der Waals surface area contributed by atoms with Gasteiger partial charge in [-0.05, 0) is 69.7 Å². The smallest absolute Gasteiger partial charge is 0.126 e. The van der Waals surface area contributed by atoms with E-state index in [2.05, 4.69) is 34.1 Å². The number of hydrogen-bond acceptors (Lipinski definition) is 3. The van der Waals surface area contributed by atoms with Crippen LogP contribution >= 0.6 is 15.9 Å². The lowest BCUT2D eigenvalue weighted by Crippen LogP contribution is -1.91. The molecule has 0 heterocycles. The summed E-state index contributed by atoms with van der Waals surface area (Å²) in [5.41, 5.74) is 3.15. The monoisotopic (exact) mass is 412 g/mol. The average Bonchev–Trinajstić information content (AvgIpc) is 2.67. The van der Waals surface area contributed by atoms with Crippen molar-refractivity contribution >= 4 is 38.9 Å². The van der Waals surface area contributed by atoms with Gasteiger partial charge in [-0.15, -0.1) is 0 Å². The Kier molecular flexibility index (Phi) is 5.52. The van der Waals surface area contributed by atoms with Gasteiger partial charge < -0.3 is 14.2 Å². The molecule has 0 fully saturated rings. The number of benzene rings is 3. The van der Waals surface area contributed by atoms with Crippen LogP contribution in [0.4, 0.5) is 0 Å². The average molecular weight is 413 g/mol. The van der Waals surface area contributed by atoms with Gasteiger partial charge in [0.1, 0.15) is 17.2 Å². The molecule has 0 saturated carbocycles. The van der Waals surface area contributed by atoms with Crippen molar-refractivity contribution in [2.75, 3.05) is 21.3 Å². The van der Waals surface area contributed by atoms with Crippen LogP contribution < -0.4 is 14.2 Å². The lowest BCUT2D eigenvalue weighted by atomic mass is 10.0. The van der Waals surface area contributed by atoms with Crippen LogP contribution in [0.1, 0.15) is 16.7 Å². The normalized spacial score (nSPS) is 11.1. The number of rotatable bonds is 5. The fourth-order valence-corrected chi connectivity index (χ4v) is 3.32. The molecule has 3 aromatic carbocycles. The van der Waals surface area contributed by atoms with Crippen molar-refractivity contribution in [3.05, 3.63) is 63.6 Å². The van der Waals surface area contributed by atoms with Crippen LogP contribution in [-0.2, 0) is 0 Å². The molecule has 0 radical (unpaired) electrons. The maximum Gasteiger partial charge on any atom is 0.126 e. The molecular formula is C22H21BrO3. The van der Waals surface area contributed by atoms with Crippen molar-refractivity contribution in [1.29, 1.82) is 0 Å². The predicted molar refractivity (Wildman–Crippen MR) is 111 cm³/mol. The Morgan fingerprint density at radius 1 is 0.808 bits per heavy atom. The molecule has 3 nitrogen and oxygen atoms in total. The standard InChI is InChI=1S/C22H21BrO3/c1-14-10-18(24-2)11-17(22(14)23)9-8-16-12-19-15(13-21(16)26-4)6-5-7-20(19)25-3/h5-13H,1-4H3/b9-8-. The summed E-state index contributed by atoms with van der Waals surface area (Å²) in [7, 11) is 5.05. The summed E-state index contributed by atoms with van der Waals surface area (Å²) >= 11 is 3.66. The third-order valence-corrected chi connectivity index (χ3v) is 5.43. The highest BCUT2D eigenvalue weighted by molar-refractivity contribution is 9.10. The zero-order valence-electron chi connectivity index (χ0n) is 15.3. The van der Waals surface area contributed by atoms with Gasteiger partial charge in [0.2, 0.25) is 0 Å². The first kappa shape index (κ1) is 18.3. The molecule has 0 aromatic heterocycles. The van der Waals surface area contributed by atoms with Gasteiger partial charge in [-0.25, -0.2) is 0 Å². The second-order valence-electron chi connectivity index (χ2n) is 5.96. The number of methoxy groups -OCH3 is 3. The first-order valence-corrected chi connectivity index (χ1v) is 9.03. The van der Waals surface area contributed by atoms with E-state index in [1.807, 2.05) is 43.3 Å². The largest absolute Gasteiger partial charge is 0.497 e. The van der Waals surface area contributed by atoms with Crippen molar-refractivity contribution in [3.63, 3.8) is 0 Å². The van der Waals surface area contributed by atoms with E-state index in [1.165, 1.54) is 0 Å². The summed E-state index contributed by atoms with van der Waals surface area (Å²) in [5.74, 6) is 2.49. The highest BCUT2D eigenvalue weighted by Crippen LogP contribution is 2.34. The SMILES string of the molecule is COc1cc(C)c(Br)c(/C=C\c2cc3c(OC)cccc3cc2OC)c1. The highest BCUT2D eigenvalue weighted by atomic mass is 79.9. The van der Waals surface area contributed by atoms with Crippen LogP contribution in [0, 0.1) is 6.92 Å². The minimum absolute atomic E-state index is 0.817. The molecule has 0 aliphatic rings. The Bertz CT molecular complexity index is 977. The van der Waals surface area contributed by atoms with E-state index in [4.69, 9.17) is 14.2 Å². The molecular weight excluding hydrogens is 392 g/mol. The lowest BCUT2D eigenvalue weighted by molar-refractivity contribution is 0.413. The van der Waals surface area contributed by atoms with E-state index in [9.17, 15) is 0 Å². The zero-order valence-corrected chi connectivity index (χ0v) is 16.9. The van der Waals surface area contributed by atoms with E-state index in [0.29, 0.717) is 0 Å². The van der Waals surface area contributed by atoms with Crippen molar-refractivity contribution < 1.29 is 14.2 Å². The Balaban J connectivity index is 2.11. The molecule has 0 N–H and O–H groups in total. The van der Waals surface area contributed by atoms with Crippen molar-refractivity contribution in [2.45, 2.75) is 6.92 Å². The van der Waals surface area contributed by atoms with E-state index < -0.39 is 0 Å². The Labute approximate surface area is 162 Å². The second-order valence-corrected chi connectivity index (χ2v) is 6.75. The van der Waals surface area contributed by atoms with Gasteiger partial charge in [-0.3, -0.25) is 0 Å². The second kappa shape index (κ2) is 7.83. The van der Waals surface area contributed by atoms with Crippen LogP contribution in [0.2, 0.25) is 0 Å².